The van der Waals surface area contributed by atoms with Crippen molar-refractivity contribution in [3.8, 4) is 0 Å². The molecule has 1 fully saturated rings. The van der Waals surface area contributed by atoms with Crippen LogP contribution in [0.4, 0.5) is 0 Å². The highest BCUT2D eigenvalue weighted by molar-refractivity contribution is 5.12. The summed E-state index contributed by atoms with van der Waals surface area (Å²) < 4.78 is 0. The Morgan fingerprint density at radius 2 is 2.43 bits per heavy atom. The first-order valence-corrected chi connectivity index (χ1v) is 5.26. The van der Waals surface area contributed by atoms with E-state index in [1.807, 2.05) is 0 Å². The molecule has 0 bridgehead atoms. The molecule has 2 rings (SSSR count). The van der Waals surface area contributed by atoms with Gasteiger partial charge in [0.2, 0.25) is 0 Å². The van der Waals surface area contributed by atoms with E-state index in [2.05, 4.69) is 16.9 Å². The van der Waals surface area contributed by atoms with E-state index in [0.717, 1.165) is 31.4 Å². The van der Waals surface area contributed by atoms with Gasteiger partial charge in [0.1, 0.15) is 5.60 Å². The van der Waals surface area contributed by atoms with Crippen LogP contribution in [0, 0.1) is 5.92 Å². The van der Waals surface area contributed by atoms with E-state index < -0.39 is 5.60 Å². The maximum atomic E-state index is 10.5. The van der Waals surface area contributed by atoms with Crippen LogP contribution in [0.5, 0.6) is 0 Å². The molecule has 1 N–H and O–H groups in total. The summed E-state index contributed by atoms with van der Waals surface area (Å²) in [6.45, 7) is 2.12. The predicted molar refractivity (Wildman–Crippen MR) is 53.6 cm³/mol. The third kappa shape index (κ3) is 1.42. The lowest BCUT2D eigenvalue weighted by molar-refractivity contribution is -0.00829. The molecule has 76 valence electrons. The van der Waals surface area contributed by atoms with Crippen molar-refractivity contribution < 1.29 is 5.11 Å². The van der Waals surface area contributed by atoms with Crippen molar-refractivity contribution in [3.05, 3.63) is 24.3 Å². The highest BCUT2D eigenvalue weighted by atomic mass is 16.3. The zero-order valence-electron chi connectivity index (χ0n) is 8.48. The van der Waals surface area contributed by atoms with E-state index in [9.17, 15) is 5.11 Å². The Kier molecular flexibility index (Phi) is 2.50. The smallest absolute Gasteiger partial charge is 0.111 e. The molecule has 3 nitrogen and oxygen atoms in total. The average molecular weight is 192 g/mol. The fraction of sp³-hybridized carbons (Fsp3) is 0.636. The van der Waals surface area contributed by atoms with Crippen molar-refractivity contribution in [2.45, 2.75) is 38.2 Å². The van der Waals surface area contributed by atoms with Crippen LogP contribution in [0.25, 0.3) is 0 Å². The summed E-state index contributed by atoms with van der Waals surface area (Å²) >= 11 is 0. The van der Waals surface area contributed by atoms with Gasteiger partial charge in [-0.25, -0.2) is 0 Å². The van der Waals surface area contributed by atoms with Gasteiger partial charge in [-0.3, -0.25) is 9.97 Å². The van der Waals surface area contributed by atoms with Crippen LogP contribution in [0.15, 0.2) is 18.6 Å². The van der Waals surface area contributed by atoms with Gasteiger partial charge in [0.15, 0.2) is 0 Å². The SMILES string of the molecule is CCC1CCCC1(O)c1cnccn1. The quantitative estimate of drug-likeness (QED) is 0.778. The van der Waals surface area contributed by atoms with E-state index >= 15 is 0 Å². The summed E-state index contributed by atoms with van der Waals surface area (Å²) in [6, 6.07) is 0. The number of aromatic nitrogens is 2. The molecule has 1 aliphatic rings. The number of hydrogen-bond acceptors (Lipinski definition) is 3. The standard InChI is InChI=1S/C11H16N2O/c1-2-9-4-3-5-11(9,14)10-8-12-6-7-13-10/h6-9,14H,2-5H2,1H3. The number of hydrogen-bond donors (Lipinski definition) is 1. The van der Waals surface area contributed by atoms with Crippen LogP contribution >= 0.6 is 0 Å². The molecule has 0 aromatic carbocycles. The molecule has 1 aromatic rings. The molecule has 0 radical (unpaired) electrons. The average Bonchev–Trinajstić information content (AvgIpc) is 2.62. The summed E-state index contributed by atoms with van der Waals surface area (Å²) in [5, 5.41) is 10.5. The molecule has 1 aliphatic carbocycles. The van der Waals surface area contributed by atoms with E-state index in [0.29, 0.717) is 5.92 Å². The van der Waals surface area contributed by atoms with E-state index in [1.54, 1.807) is 18.6 Å². The zero-order valence-corrected chi connectivity index (χ0v) is 8.48. The Hall–Kier alpha value is -0.960. The topological polar surface area (TPSA) is 46.0 Å². The first-order valence-electron chi connectivity index (χ1n) is 5.26. The molecule has 1 heterocycles. The maximum absolute atomic E-state index is 10.5. The van der Waals surface area contributed by atoms with E-state index in [1.165, 1.54) is 0 Å². The number of rotatable bonds is 2. The molecule has 2 atom stereocenters. The van der Waals surface area contributed by atoms with E-state index in [4.69, 9.17) is 0 Å². The molecule has 0 saturated heterocycles. The molecule has 0 spiro atoms. The Bertz CT molecular complexity index is 301. The van der Waals surface area contributed by atoms with Gasteiger partial charge in [-0.1, -0.05) is 13.3 Å². The van der Waals surface area contributed by atoms with Gasteiger partial charge in [0.05, 0.1) is 11.9 Å². The van der Waals surface area contributed by atoms with Gasteiger partial charge in [0, 0.05) is 12.4 Å². The Balaban J connectivity index is 2.31. The third-order valence-electron chi connectivity index (χ3n) is 3.29. The Morgan fingerprint density at radius 3 is 3.07 bits per heavy atom. The predicted octanol–water partition coefficient (Wildman–Crippen LogP) is 1.87. The second-order valence-corrected chi connectivity index (χ2v) is 4.01. The first kappa shape index (κ1) is 9.59. The van der Waals surface area contributed by atoms with Crippen LogP contribution in [-0.4, -0.2) is 15.1 Å². The summed E-state index contributed by atoms with van der Waals surface area (Å²) in [7, 11) is 0. The van der Waals surface area contributed by atoms with Gasteiger partial charge in [-0.15, -0.1) is 0 Å². The number of aliphatic hydroxyl groups is 1. The van der Waals surface area contributed by atoms with Crippen LogP contribution in [-0.2, 0) is 5.60 Å². The normalized spacial score (nSPS) is 32.0. The van der Waals surface area contributed by atoms with Gasteiger partial charge in [-0.05, 0) is 25.2 Å². The second kappa shape index (κ2) is 3.65. The summed E-state index contributed by atoms with van der Waals surface area (Å²) in [4.78, 5) is 8.24. The lowest BCUT2D eigenvalue weighted by Crippen LogP contribution is -2.31. The fourth-order valence-corrected chi connectivity index (χ4v) is 2.46. The van der Waals surface area contributed by atoms with Gasteiger partial charge in [-0.2, -0.15) is 0 Å². The van der Waals surface area contributed by atoms with Gasteiger partial charge < -0.3 is 5.11 Å². The molecule has 14 heavy (non-hydrogen) atoms. The summed E-state index contributed by atoms with van der Waals surface area (Å²) in [5.41, 5.74) is 0.0209. The van der Waals surface area contributed by atoms with Crippen LogP contribution < -0.4 is 0 Å². The molecular weight excluding hydrogens is 176 g/mol. The summed E-state index contributed by atoms with van der Waals surface area (Å²) in [6.07, 6.45) is 9.00. The fourth-order valence-electron chi connectivity index (χ4n) is 2.46. The largest absolute Gasteiger partial charge is 0.383 e. The molecule has 1 aromatic heterocycles. The van der Waals surface area contributed by atoms with Crippen molar-refractivity contribution in [2.24, 2.45) is 5.92 Å². The maximum Gasteiger partial charge on any atom is 0.111 e. The molecule has 3 heteroatoms. The summed E-state index contributed by atoms with van der Waals surface area (Å²) in [5.74, 6) is 0.346. The van der Waals surface area contributed by atoms with Crippen molar-refractivity contribution in [3.63, 3.8) is 0 Å². The van der Waals surface area contributed by atoms with Crippen LogP contribution in [0.3, 0.4) is 0 Å². The minimum Gasteiger partial charge on any atom is -0.383 e. The van der Waals surface area contributed by atoms with Crippen molar-refractivity contribution >= 4 is 0 Å². The third-order valence-corrected chi connectivity index (χ3v) is 3.29. The van der Waals surface area contributed by atoms with Gasteiger partial charge >= 0.3 is 0 Å². The lowest BCUT2D eigenvalue weighted by atomic mass is 9.86. The highest BCUT2D eigenvalue weighted by Crippen LogP contribution is 2.43. The van der Waals surface area contributed by atoms with E-state index in [-0.39, 0.29) is 0 Å². The van der Waals surface area contributed by atoms with Gasteiger partial charge in [0.25, 0.3) is 0 Å². The molecule has 1 saturated carbocycles. The number of nitrogens with zero attached hydrogens (tertiary/aromatic N) is 2. The van der Waals surface area contributed by atoms with Crippen LogP contribution in [0.1, 0.15) is 38.3 Å². The lowest BCUT2D eigenvalue weighted by Gasteiger charge is -2.28. The molecule has 0 aliphatic heterocycles. The Labute approximate surface area is 84.2 Å². The Morgan fingerprint density at radius 1 is 1.57 bits per heavy atom. The minimum atomic E-state index is -0.719. The van der Waals surface area contributed by atoms with Crippen molar-refractivity contribution in [2.75, 3.05) is 0 Å². The van der Waals surface area contributed by atoms with Crippen LogP contribution in [0.2, 0.25) is 0 Å². The highest BCUT2D eigenvalue weighted by Gasteiger charge is 2.42. The first-order chi connectivity index (χ1) is 6.77. The van der Waals surface area contributed by atoms with Crippen molar-refractivity contribution in [1.29, 1.82) is 0 Å². The zero-order chi connectivity index (χ0) is 10.0. The van der Waals surface area contributed by atoms with Crippen molar-refractivity contribution in [1.82, 2.24) is 9.97 Å². The molecular formula is C11H16N2O. The second-order valence-electron chi connectivity index (χ2n) is 4.01. The minimum absolute atomic E-state index is 0.346. The monoisotopic (exact) mass is 192 g/mol. The molecule has 2 unspecified atom stereocenters. The molecule has 0 amide bonds.